The van der Waals surface area contributed by atoms with Gasteiger partial charge in [-0.1, -0.05) is 12.1 Å². The normalized spacial score (nSPS) is 12.8. The lowest BCUT2D eigenvalue weighted by molar-refractivity contribution is -0.137. The molecule has 0 saturated heterocycles. The highest BCUT2D eigenvalue weighted by atomic mass is 19.4. The molecule has 1 atom stereocenters. The second-order valence-electron chi connectivity index (χ2n) is 4.94. The average Bonchev–Trinajstić information content (AvgIpc) is 2.46. The Balaban J connectivity index is 2.12. The number of carbonyl (C=O) groups excluding carboxylic acids is 1. The van der Waals surface area contributed by atoms with Crippen molar-refractivity contribution in [2.24, 2.45) is 0 Å². The SMILES string of the molecule is CC(NC(=O)c1ccc(F)cc1F)c1ccc(C(F)(F)F)cc1. The molecule has 2 rings (SSSR count). The molecule has 0 saturated carbocycles. The fourth-order valence-electron chi connectivity index (χ4n) is 1.99. The molecule has 23 heavy (non-hydrogen) atoms. The summed E-state index contributed by atoms with van der Waals surface area (Å²) in [6.07, 6.45) is -4.44. The van der Waals surface area contributed by atoms with Crippen LogP contribution in [0.15, 0.2) is 42.5 Å². The summed E-state index contributed by atoms with van der Waals surface area (Å²) < 4.78 is 63.8. The van der Waals surface area contributed by atoms with E-state index < -0.39 is 35.3 Å². The molecule has 0 aromatic heterocycles. The van der Waals surface area contributed by atoms with Crippen molar-refractivity contribution in [3.05, 3.63) is 70.8 Å². The van der Waals surface area contributed by atoms with Crippen LogP contribution in [0.4, 0.5) is 22.0 Å². The number of hydrogen-bond acceptors (Lipinski definition) is 1. The molecular formula is C16H12F5NO. The Morgan fingerprint density at radius 1 is 1.04 bits per heavy atom. The molecule has 0 aliphatic rings. The topological polar surface area (TPSA) is 29.1 Å². The van der Waals surface area contributed by atoms with Crippen molar-refractivity contribution in [3.8, 4) is 0 Å². The zero-order valence-electron chi connectivity index (χ0n) is 11.9. The minimum absolute atomic E-state index is 0.342. The molecule has 7 heteroatoms. The van der Waals surface area contributed by atoms with E-state index in [9.17, 15) is 26.7 Å². The van der Waals surface area contributed by atoms with Gasteiger partial charge in [-0.25, -0.2) is 8.78 Å². The second-order valence-corrected chi connectivity index (χ2v) is 4.94. The van der Waals surface area contributed by atoms with E-state index in [-0.39, 0.29) is 5.56 Å². The van der Waals surface area contributed by atoms with Crippen molar-refractivity contribution in [1.29, 1.82) is 0 Å². The molecule has 1 N–H and O–H groups in total. The molecule has 0 aliphatic carbocycles. The summed E-state index contributed by atoms with van der Waals surface area (Å²) >= 11 is 0. The Morgan fingerprint density at radius 3 is 2.17 bits per heavy atom. The number of alkyl halides is 3. The third kappa shape index (κ3) is 4.06. The standard InChI is InChI=1S/C16H12F5NO/c1-9(10-2-4-11(5-3-10)16(19,20)21)22-15(23)13-7-6-12(17)8-14(13)18/h2-9H,1H3,(H,22,23). The fourth-order valence-corrected chi connectivity index (χ4v) is 1.99. The van der Waals surface area contributed by atoms with Crippen LogP contribution in [0.3, 0.4) is 0 Å². The van der Waals surface area contributed by atoms with Crippen molar-refractivity contribution in [2.45, 2.75) is 19.1 Å². The summed E-state index contributed by atoms with van der Waals surface area (Å²) in [5.74, 6) is -2.60. The van der Waals surface area contributed by atoms with Crippen LogP contribution in [-0.2, 0) is 6.18 Å². The third-order valence-electron chi connectivity index (χ3n) is 3.26. The molecule has 0 spiro atoms. The van der Waals surface area contributed by atoms with Crippen molar-refractivity contribution >= 4 is 5.91 Å². The van der Waals surface area contributed by atoms with Gasteiger partial charge in [-0.15, -0.1) is 0 Å². The zero-order valence-corrected chi connectivity index (χ0v) is 11.9. The molecule has 1 amide bonds. The monoisotopic (exact) mass is 329 g/mol. The molecule has 1 unspecified atom stereocenters. The summed E-state index contributed by atoms with van der Waals surface area (Å²) in [5, 5.41) is 2.45. The molecule has 0 heterocycles. The van der Waals surface area contributed by atoms with Gasteiger partial charge in [-0.05, 0) is 36.8 Å². The van der Waals surface area contributed by atoms with Crippen LogP contribution in [0.25, 0.3) is 0 Å². The first-order chi connectivity index (χ1) is 10.7. The van der Waals surface area contributed by atoms with E-state index in [0.717, 1.165) is 24.3 Å². The van der Waals surface area contributed by atoms with E-state index in [0.29, 0.717) is 11.6 Å². The Bertz CT molecular complexity index is 709. The van der Waals surface area contributed by atoms with Gasteiger partial charge in [0.15, 0.2) is 0 Å². The largest absolute Gasteiger partial charge is 0.416 e. The quantitative estimate of drug-likeness (QED) is 0.827. The van der Waals surface area contributed by atoms with Gasteiger partial charge in [0.2, 0.25) is 0 Å². The van der Waals surface area contributed by atoms with Gasteiger partial charge in [0.25, 0.3) is 5.91 Å². The van der Waals surface area contributed by atoms with E-state index in [2.05, 4.69) is 5.32 Å². The van der Waals surface area contributed by atoms with Gasteiger partial charge in [0.1, 0.15) is 11.6 Å². The van der Waals surface area contributed by atoms with Gasteiger partial charge in [0, 0.05) is 6.07 Å². The van der Waals surface area contributed by atoms with Crippen LogP contribution < -0.4 is 5.32 Å². The van der Waals surface area contributed by atoms with Crippen LogP contribution in [0.1, 0.15) is 34.5 Å². The molecule has 2 aromatic carbocycles. The lowest BCUT2D eigenvalue weighted by atomic mass is 10.1. The number of carbonyl (C=O) groups is 1. The molecule has 0 bridgehead atoms. The van der Waals surface area contributed by atoms with E-state index in [1.165, 1.54) is 12.1 Å². The number of halogens is 5. The van der Waals surface area contributed by atoms with Crippen molar-refractivity contribution in [3.63, 3.8) is 0 Å². The first-order valence-corrected chi connectivity index (χ1v) is 6.61. The second kappa shape index (κ2) is 6.36. The third-order valence-corrected chi connectivity index (χ3v) is 3.26. The lowest BCUT2D eigenvalue weighted by Gasteiger charge is -2.16. The van der Waals surface area contributed by atoms with E-state index in [4.69, 9.17) is 0 Å². The summed E-state index contributed by atoms with van der Waals surface area (Å²) in [5.41, 5.74) is -0.719. The Kier molecular flexibility index (Phi) is 4.68. The zero-order chi connectivity index (χ0) is 17.2. The Labute approximate surface area is 128 Å². The number of rotatable bonds is 3. The molecule has 0 radical (unpaired) electrons. The maximum atomic E-state index is 13.5. The van der Waals surface area contributed by atoms with Crippen LogP contribution in [-0.4, -0.2) is 5.91 Å². The maximum absolute atomic E-state index is 13.5. The van der Waals surface area contributed by atoms with Gasteiger partial charge in [-0.2, -0.15) is 13.2 Å². The Morgan fingerprint density at radius 2 is 1.65 bits per heavy atom. The van der Waals surface area contributed by atoms with Gasteiger partial charge >= 0.3 is 6.18 Å². The minimum Gasteiger partial charge on any atom is -0.345 e. The van der Waals surface area contributed by atoms with Crippen molar-refractivity contribution in [2.75, 3.05) is 0 Å². The van der Waals surface area contributed by atoms with Crippen LogP contribution in [0, 0.1) is 11.6 Å². The first kappa shape index (κ1) is 16.9. The van der Waals surface area contributed by atoms with E-state index in [1.807, 2.05) is 0 Å². The number of benzene rings is 2. The highest BCUT2D eigenvalue weighted by Crippen LogP contribution is 2.29. The van der Waals surface area contributed by atoms with E-state index in [1.54, 1.807) is 6.92 Å². The fraction of sp³-hybridized carbons (Fsp3) is 0.188. The van der Waals surface area contributed by atoms with Crippen LogP contribution in [0.5, 0.6) is 0 Å². The summed E-state index contributed by atoms with van der Waals surface area (Å²) in [4.78, 5) is 11.9. The van der Waals surface area contributed by atoms with Gasteiger partial charge in [-0.3, -0.25) is 4.79 Å². The number of amides is 1. The molecule has 2 nitrogen and oxygen atoms in total. The lowest BCUT2D eigenvalue weighted by Crippen LogP contribution is -2.27. The average molecular weight is 329 g/mol. The van der Waals surface area contributed by atoms with E-state index >= 15 is 0 Å². The Hall–Kier alpha value is -2.44. The number of nitrogens with one attached hydrogen (secondary N) is 1. The van der Waals surface area contributed by atoms with Crippen molar-refractivity contribution < 1.29 is 26.7 Å². The van der Waals surface area contributed by atoms with Crippen LogP contribution >= 0.6 is 0 Å². The predicted molar refractivity (Wildman–Crippen MR) is 73.7 cm³/mol. The molecule has 0 fully saturated rings. The summed E-state index contributed by atoms with van der Waals surface area (Å²) in [7, 11) is 0. The highest BCUT2D eigenvalue weighted by molar-refractivity contribution is 5.94. The minimum atomic E-state index is -4.44. The summed E-state index contributed by atoms with van der Waals surface area (Å²) in [6, 6.07) is 6.14. The van der Waals surface area contributed by atoms with Gasteiger partial charge in [0.05, 0.1) is 17.2 Å². The van der Waals surface area contributed by atoms with Crippen molar-refractivity contribution in [1.82, 2.24) is 5.32 Å². The van der Waals surface area contributed by atoms with Gasteiger partial charge < -0.3 is 5.32 Å². The smallest absolute Gasteiger partial charge is 0.345 e. The highest BCUT2D eigenvalue weighted by Gasteiger charge is 2.30. The molecule has 0 aliphatic heterocycles. The first-order valence-electron chi connectivity index (χ1n) is 6.61. The molecular weight excluding hydrogens is 317 g/mol. The molecule has 2 aromatic rings. The number of hydrogen-bond donors (Lipinski definition) is 1. The van der Waals surface area contributed by atoms with Crippen LogP contribution in [0.2, 0.25) is 0 Å². The molecule has 122 valence electrons. The maximum Gasteiger partial charge on any atom is 0.416 e. The summed E-state index contributed by atoms with van der Waals surface area (Å²) in [6.45, 7) is 1.54. The predicted octanol–water partition coefficient (Wildman–Crippen LogP) is 4.47.